The molecule has 1 aliphatic carbocycles. The molecule has 2 atom stereocenters. The number of hydrogen-bond donors (Lipinski definition) is 0. The molecule has 2 aliphatic rings. The van der Waals surface area contributed by atoms with Crippen LogP contribution in [0.4, 0.5) is 0 Å². The summed E-state index contributed by atoms with van der Waals surface area (Å²) in [7, 11) is 0. The lowest BCUT2D eigenvalue weighted by Crippen LogP contribution is -2.45. The number of aryl methyl sites for hydroxylation is 1. The van der Waals surface area contributed by atoms with Crippen molar-refractivity contribution in [3.63, 3.8) is 0 Å². The third-order valence-electron chi connectivity index (χ3n) is 4.44. The highest BCUT2D eigenvalue weighted by Gasteiger charge is 2.30. The molecule has 0 aromatic carbocycles. The van der Waals surface area contributed by atoms with Crippen molar-refractivity contribution in [1.29, 1.82) is 0 Å². The van der Waals surface area contributed by atoms with Crippen LogP contribution < -0.4 is 0 Å². The van der Waals surface area contributed by atoms with Crippen molar-refractivity contribution in [3.05, 3.63) is 18.0 Å². The summed E-state index contributed by atoms with van der Waals surface area (Å²) in [5.41, 5.74) is 1.17. The van der Waals surface area contributed by atoms with Gasteiger partial charge < -0.3 is 9.64 Å². The Bertz CT molecular complexity index is 495. The minimum Gasteiger partial charge on any atom is -0.368 e. The third kappa shape index (κ3) is 3.64. The summed E-state index contributed by atoms with van der Waals surface area (Å²) in [5, 5.41) is 4.39. The molecule has 1 amide bonds. The number of carbonyl (C=O) groups excluding carboxylic acids is 1. The number of rotatable bonds is 5. The number of aromatic nitrogens is 2. The molecule has 21 heavy (non-hydrogen) atoms. The molecule has 116 valence electrons. The number of carbonyl (C=O) groups is 1. The first-order valence-corrected chi connectivity index (χ1v) is 8.04. The summed E-state index contributed by atoms with van der Waals surface area (Å²) < 4.78 is 7.72. The monoisotopic (exact) mass is 291 g/mol. The van der Waals surface area contributed by atoms with E-state index >= 15 is 0 Å². The van der Waals surface area contributed by atoms with Crippen molar-refractivity contribution in [3.8, 4) is 0 Å². The first kappa shape index (κ1) is 14.6. The highest BCUT2D eigenvalue weighted by atomic mass is 16.5. The van der Waals surface area contributed by atoms with Crippen LogP contribution in [-0.4, -0.2) is 46.4 Å². The van der Waals surface area contributed by atoms with Gasteiger partial charge in [0, 0.05) is 19.3 Å². The summed E-state index contributed by atoms with van der Waals surface area (Å²) in [6.07, 6.45) is 8.25. The Balaban J connectivity index is 1.55. The first-order valence-electron chi connectivity index (χ1n) is 8.04. The fraction of sp³-hybridized carbons (Fsp3) is 0.750. The summed E-state index contributed by atoms with van der Waals surface area (Å²) in [4.78, 5) is 14.4. The van der Waals surface area contributed by atoms with Crippen molar-refractivity contribution in [2.75, 3.05) is 19.7 Å². The molecule has 1 aliphatic heterocycles. The number of likely N-dealkylation sites (tertiary alicyclic amines) is 1. The Kier molecular flexibility index (Phi) is 4.29. The summed E-state index contributed by atoms with van der Waals surface area (Å²) in [6, 6.07) is 0.298. The average Bonchev–Trinajstić information content (AvgIpc) is 3.24. The van der Waals surface area contributed by atoms with Crippen LogP contribution in [0.25, 0.3) is 0 Å². The van der Waals surface area contributed by atoms with Crippen molar-refractivity contribution in [2.45, 2.75) is 51.7 Å². The van der Waals surface area contributed by atoms with Crippen LogP contribution in [0.1, 0.15) is 44.2 Å². The smallest absolute Gasteiger partial charge is 0.251 e. The maximum Gasteiger partial charge on any atom is 0.251 e. The summed E-state index contributed by atoms with van der Waals surface area (Å²) in [5.74, 6) is 0.825. The molecule has 1 aromatic heterocycles. The van der Waals surface area contributed by atoms with Gasteiger partial charge in [-0.3, -0.25) is 9.48 Å². The molecule has 2 fully saturated rings. The molecule has 2 heterocycles. The molecule has 5 heteroatoms. The van der Waals surface area contributed by atoms with Gasteiger partial charge in [-0.2, -0.15) is 5.10 Å². The van der Waals surface area contributed by atoms with Crippen LogP contribution in [-0.2, 0) is 9.53 Å². The van der Waals surface area contributed by atoms with Crippen LogP contribution in [0.5, 0.6) is 0 Å². The fourth-order valence-corrected chi connectivity index (χ4v) is 2.90. The van der Waals surface area contributed by atoms with Gasteiger partial charge in [-0.25, -0.2) is 0 Å². The van der Waals surface area contributed by atoms with Crippen LogP contribution in [0.3, 0.4) is 0 Å². The van der Waals surface area contributed by atoms with Gasteiger partial charge in [0.1, 0.15) is 6.10 Å². The molecule has 5 nitrogen and oxygen atoms in total. The molecular weight excluding hydrogens is 266 g/mol. The standard InChI is InChI=1S/C16H25N3O2/c1-12-8-17-19(9-12)15-4-3-7-18(10-15)16(20)13(2)21-11-14-5-6-14/h8-9,13-15H,3-7,10-11H2,1-2H3/t13-,15+/m1/s1. The predicted molar refractivity (Wildman–Crippen MR) is 80.0 cm³/mol. The topological polar surface area (TPSA) is 47.4 Å². The van der Waals surface area contributed by atoms with Crippen LogP contribution in [0.2, 0.25) is 0 Å². The summed E-state index contributed by atoms with van der Waals surface area (Å²) in [6.45, 7) is 6.25. The van der Waals surface area contributed by atoms with Gasteiger partial charge >= 0.3 is 0 Å². The highest BCUT2D eigenvalue weighted by Crippen LogP contribution is 2.29. The second-order valence-corrected chi connectivity index (χ2v) is 6.50. The SMILES string of the molecule is Cc1cnn([C@H]2CCCN(C(=O)[C@@H](C)OCC3CC3)C2)c1. The Morgan fingerprint density at radius 1 is 1.48 bits per heavy atom. The lowest BCUT2D eigenvalue weighted by Gasteiger charge is -2.34. The number of piperidine rings is 1. The van der Waals surface area contributed by atoms with Gasteiger partial charge in [-0.05, 0) is 51.0 Å². The van der Waals surface area contributed by atoms with Gasteiger partial charge in [-0.1, -0.05) is 0 Å². The molecule has 0 N–H and O–H groups in total. The van der Waals surface area contributed by atoms with E-state index in [0.717, 1.165) is 32.5 Å². The second kappa shape index (κ2) is 6.18. The van der Waals surface area contributed by atoms with E-state index in [9.17, 15) is 4.79 Å². The van der Waals surface area contributed by atoms with Gasteiger partial charge in [-0.15, -0.1) is 0 Å². The molecule has 0 radical (unpaired) electrons. The lowest BCUT2D eigenvalue weighted by atomic mass is 10.1. The van der Waals surface area contributed by atoms with Gasteiger partial charge in [0.15, 0.2) is 0 Å². The van der Waals surface area contributed by atoms with Crippen molar-refractivity contribution >= 4 is 5.91 Å². The molecule has 0 unspecified atom stereocenters. The van der Waals surface area contributed by atoms with Gasteiger partial charge in [0.25, 0.3) is 5.91 Å². The molecule has 0 spiro atoms. The van der Waals surface area contributed by atoms with E-state index in [0.29, 0.717) is 12.0 Å². The molecular formula is C16H25N3O2. The Labute approximate surface area is 126 Å². The third-order valence-corrected chi connectivity index (χ3v) is 4.44. The fourth-order valence-electron chi connectivity index (χ4n) is 2.90. The molecule has 1 saturated carbocycles. The number of amides is 1. The van der Waals surface area contributed by atoms with E-state index in [-0.39, 0.29) is 12.0 Å². The van der Waals surface area contributed by atoms with Crippen molar-refractivity contribution < 1.29 is 9.53 Å². The maximum atomic E-state index is 12.5. The Morgan fingerprint density at radius 2 is 2.29 bits per heavy atom. The van der Waals surface area contributed by atoms with E-state index in [1.165, 1.54) is 18.4 Å². The number of nitrogens with zero attached hydrogens (tertiary/aromatic N) is 3. The minimum atomic E-state index is -0.316. The van der Waals surface area contributed by atoms with Crippen molar-refractivity contribution in [2.24, 2.45) is 5.92 Å². The van der Waals surface area contributed by atoms with E-state index < -0.39 is 0 Å². The molecule has 3 rings (SSSR count). The van der Waals surface area contributed by atoms with Crippen LogP contribution in [0.15, 0.2) is 12.4 Å². The first-order chi connectivity index (χ1) is 10.1. The van der Waals surface area contributed by atoms with Gasteiger partial charge in [0.2, 0.25) is 0 Å². The summed E-state index contributed by atoms with van der Waals surface area (Å²) >= 11 is 0. The Morgan fingerprint density at radius 3 is 2.95 bits per heavy atom. The van der Waals surface area contributed by atoms with E-state index in [4.69, 9.17) is 4.74 Å². The lowest BCUT2D eigenvalue weighted by molar-refractivity contribution is -0.144. The van der Waals surface area contributed by atoms with Gasteiger partial charge in [0.05, 0.1) is 18.8 Å². The zero-order chi connectivity index (χ0) is 14.8. The quantitative estimate of drug-likeness (QED) is 0.835. The molecule has 0 bridgehead atoms. The normalized spacial score (nSPS) is 24.1. The van der Waals surface area contributed by atoms with Crippen molar-refractivity contribution in [1.82, 2.24) is 14.7 Å². The van der Waals surface area contributed by atoms with E-state index in [2.05, 4.69) is 11.3 Å². The van der Waals surface area contributed by atoms with E-state index in [1.54, 1.807) is 0 Å². The zero-order valence-corrected chi connectivity index (χ0v) is 13.0. The average molecular weight is 291 g/mol. The minimum absolute atomic E-state index is 0.129. The molecule has 1 saturated heterocycles. The largest absolute Gasteiger partial charge is 0.368 e. The van der Waals surface area contributed by atoms with Crippen LogP contribution in [0, 0.1) is 12.8 Å². The second-order valence-electron chi connectivity index (χ2n) is 6.50. The predicted octanol–water partition coefficient (Wildman–Crippen LogP) is 2.17. The van der Waals surface area contributed by atoms with Crippen LogP contribution >= 0.6 is 0 Å². The Hall–Kier alpha value is -1.36. The highest BCUT2D eigenvalue weighted by molar-refractivity contribution is 5.80. The number of hydrogen-bond acceptors (Lipinski definition) is 3. The zero-order valence-electron chi connectivity index (χ0n) is 13.0. The van der Waals surface area contributed by atoms with E-state index in [1.807, 2.05) is 29.6 Å². The number of ether oxygens (including phenoxy) is 1. The maximum absolute atomic E-state index is 12.5. The molecule has 1 aromatic rings.